The molecule has 0 radical (unpaired) electrons. The first-order chi connectivity index (χ1) is 15.2. The van der Waals surface area contributed by atoms with Gasteiger partial charge in [0.15, 0.2) is 10.7 Å². The molecule has 0 aliphatic carbocycles. The minimum absolute atomic E-state index is 0.0347. The molecule has 3 rings (SSSR count). The fourth-order valence-corrected chi connectivity index (χ4v) is 5.59. The van der Waals surface area contributed by atoms with E-state index in [1.54, 1.807) is 4.90 Å². The third-order valence-corrected chi connectivity index (χ3v) is 7.74. The molecule has 0 bridgehead atoms. The van der Waals surface area contributed by atoms with Crippen LogP contribution in [0.1, 0.15) is 43.7 Å². The van der Waals surface area contributed by atoms with Crippen molar-refractivity contribution in [2.45, 2.75) is 38.5 Å². The highest BCUT2D eigenvalue weighted by Gasteiger charge is 2.36. The van der Waals surface area contributed by atoms with Gasteiger partial charge >= 0.3 is 0 Å². The van der Waals surface area contributed by atoms with Gasteiger partial charge in [-0.05, 0) is 57.9 Å². The highest BCUT2D eigenvalue weighted by Crippen LogP contribution is 2.30. The molecule has 1 aliphatic heterocycles. The summed E-state index contributed by atoms with van der Waals surface area (Å²) in [5.74, 6) is -1.67. The van der Waals surface area contributed by atoms with Crippen molar-refractivity contribution in [3.8, 4) is 0 Å². The average molecular weight is 468 g/mol. The number of carbonyl (C=O) groups excluding carboxylic acids is 1. The van der Waals surface area contributed by atoms with Gasteiger partial charge in [-0.2, -0.15) is 4.31 Å². The van der Waals surface area contributed by atoms with E-state index in [1.165, 1.54) is 29.4 Å². The van der Waals surface area contributed by atoms with Gasteiger partial charge in [-0.15, -0.1) is 0 Å². The number of piperidine rings is 1. The summed E-state index contributed by atoms with van der Waals surface area (Å²) in [4.78, 5) is 14.3. The van der Waals surface area contributed by atoms with Crippen LogP contribution >= 0.6 is 0 Å². The molecular formula is C22H27F2N3O4S. The Balaban J connectivity index is 1.79. The van der Waals surface area contributed by atoms with Crippen molar-refractivity contribution in [3.63, 3.8) is 0 Å². The highest BCUT2D eigenvalue weighted by molar-refractivity contribution is 7.89. The molecule has 0 spiro atoms. The van der Waals surface area contributed by atoms with E-state index in [9.17, 15) is 22.0 Å². The predicted octanol–water partition coefficient (Wildman–Crippen LogP) is 3.70. The summed E-state index contributed by atoms with van der Waals surface area (Å²) in [6.07, 6.45) is 3.48. The minimum atomic E-state index is -3.93. The van der Waals surface area contributed by atoms with E-state index in [1.807, 2.05) is 13.8 Å². The van der Waals surface area contributed by atoms with Crippen LogP contribution < -0.4 is 0 Å². The Labute approximate surface area is 186 Å². The van der Waals surface area contributed by atoms with Crippen molar-refractivity contribution < 1.29 is 26.5 Å². The van der Waals surface area contributed by atoms with Crippen LogP contribution in [0.25, 0.3) is 12.2 Å². The zero-order valence-electron chi connectivity index (χ0n) is 18.3. The number of sulfonamides is 1. The molecule has 0 N–H and O–H groups in total. The number of nitrogens with zero attached hydrogens (tertiary/aromatic N) is 3. The smallest absolute Gasteiger partial charge is 0.248 e. The maximum atomic E-state index is 13.9. The van der Waals surface area contributed by atoms with Gasteiger partial charge < -0.3 is 9.42 Å². The lowest BCUT2D eigenvalue weighted by molar-refractivity contribution is -0.136. The Hall–Kier alpha value is -2.59. The van der Waals surface area contributed by atoms with Crippen LogP contribution in [-0.2, 0) is 14.8 Å². The maximum absolute atomic E-state index is 13.9. The molecule has 7 nitrogen and oxygen atoms in total. The predicted molar refractivity (Wildman–Crippen MR) is 116 cm³/mol. The third-order valence-electron chi connectivity index (χ3n) is 5.69. The zero-order chi connectivity index (χ0) is 23.5. The number of carbonyl (C=O) groups is 1. The van der Waals surface area contributed by atoms with E-state index in [0.29, 0.717) is 25.9 Å². The van der Waals surface area contributed by atoms with Crippen LogP contribution in [0.2, 0.25) is 0 Å². The fraction of sp³-hybridized carbons (Fsp3) is 0.455. The largest absolute Gasteiger partial charge is 0.355 e. The quantitative estimate of drug-likeness (QED) is 0.620. The summed E-state index contributed by atoms with van der Waals surface area (Å²) >= 11 is 0. The van der Waals surface area contributed by atoms with Gasteiger partial charge in [-0.25, -0.2) is 17.2 Å². The van der Waals surface area contributed by atoms with Gasteiger partial charge in [0.25, 0.3) is 0 Å². The molecule has 1 aromatic heterocycles. The Morgan fingerprint density at radius 1 is 1.22 bits per heavy atom. The van der Waals surface area contributed by atoms with Crippen molar-refractivity contribution in [1.29, 1.82) is 0 Å². The van der Waals surface area contributed by atoms with E-state index < -0.39 is 21.7 Å². The normalized spacial score (nSPS) is 16.0. The van der Waals surface area contributed by atoms with Gasteiger partial charge in [0.1, 0.15) is 17.3 Å². The van der Waals surface area contributed by atoms with Gasteiger partial charge in [0.2, 0.25) is 15.9 Å². The lowest BCUT2D eigenvalue weighted by atomic mass is 9.96. The van der Waals surface area contributed by atoms with Crippen molar-refractivity contribution in [2.24, 2.45) is 5.92 Å². The number of hydrogen-bond acceptors (Lipinski definition) is 5. The SMILES string of the molecule is CCN(CC)C(=O)C1CCN(S(=O)(=O)c2c(C)noc2C=Cc2ccc(F)cc2F)CC1. The minimum Gasteiger partial charge on any atom is -0.355 e. The first-order valence-electron chi connectivity index (χ1n) is 10.6. The second-order valence-electron chi connectivity index (χ2n) is 7.65. The Morgan fingerprint density at radius 2 is 1.88 bits per heavy atom. The summed E-state index contributed by atoms with van der Waals surface area (Å²) in [5.41, 5.74) is 0.269. The van der Waals surface area contributed by atoms with Crippen LogP contribution in [0.4, 0.5) is 8.78 Å². The van der Waals surface area contributed by atoms with Crippen molar-refractivity contribution in [2.75, 3.05) is 26.2 Å². The Bertz CT molecular complexity index is 1100. The Morgan fingerprint density at radius 3 is 2.47 bits per heavy atom. The second kappa shape index (κ2) is 9.91. The van der Waals surface area contributed by atoms with Gasteiger partial charge in [0.05, 0.1) is 0 Å². The van der Waals surface area contributed by atoms with Crippen LogP contribution in [0, 0.1) is 24.5 Å². The standard InChI is InChI=1S/C22H27F2N3O4S/c1-4-26(5-2)22(28)17-10-12-27(13-11-17)32(29,30)21-15(3)25-31-20(21)9-7-16-6-8-18(23)14-19(16)24/h6-9,14,17H,4-5,10-13H2,1-3H3. The fourth-order valence-electron chi connectivity index (χ4n) is 3.87. The molecule has 0 unspecified atom stereocenters. The van der Waals surface area contributed by atoms with Gasteiger partial charge in [0, 0.05) is 43.7 Å². The Kier molecular flexibility index (Phi) is 7.45. The number of benzene rings is 1. The zero-order valence-corrected chi connectivity index (χ0v) is 19.2. The molecular weight excluding hydrogens is 440 g/mol. The van der Waals surface area contributed by atoms with Crippen LogP contribution in [0.3, 0.4) is 0 Å². The molecule has 1 fully saturated rings. The second-order valence-corrected chi connectivity index (χ2v) is 9.52. The van der Waals surface area contributed by atoms with E-state index in [2.05, 4.69) is 5.16 Å². The van der Waals surface area contributed by atoms with E-state index in [0.717, 1.165) is 12.1 Å². The van der Waals surface area contributed by atoms with E-state index >= 15 is 0 Å². The summed E-state index contributed by atoms with van der Waals surface area (Å²) in [6.45, 7) is 7.02. The molecule has 0 atom stereocenters. The molecule has 0 saturated carbocycles. The topological polar surface area (TPSA) is 83.7 Å². The van der Waals surface area contributed by atoms with Crippen LogP contribution in [0.15, 0.2) is 27.6 Å². The van der Waals surface area contributed by atoms with Crippen molar-refractivity contribution >= 4 is 28.1 Å². The van der Waals surface area contributed by atoms with Gasteiger partial charge in [-0.3, -0.25) is 4.79 Å². The molecule has 1 amide bonds. The average Bonchev–Trinajstić information content (AvgIpc) is 3.15. The molecule has 2 heterocycles. The monoisotopic (exact) mass is 467 g/mol. The van der Waals surface area contributed by atoms with E-state index in [4.69, 9.17) is 4.52 Å². The number of halogens is 2. The maximum Gasteiger partial charge on any atom is 0.248 e. The molecule has 2 aromatic rings. The lowest BCUT2D eigenvalue weighted by Gasteiger charge is -2.33. The summed E-state index contributed by atoms with van der Waals surface area (Å²) in [7, 11) is -3.93. The molecule has 10 heteroatoms. The summed E-state index contributed by atoms with van der Waals surface area (Å²) in [5, 5.41) is 3.77. The molecule has 32 heavy (non-hydrogen) atoms. The number of rotatable bonds is 7. The van der Waals surface area contributed by atoms with Crippen molar-refractivity contribution in [1.82, 2.24) is 14.4 Å². The molecule has 1 saturated heterocycles. The van der Waals surface area contributed by atoms with Crippen molar-refractivity contribution in [3.05, 3.63) is 46.9 Å². The first kappa shape index (κ1) is 24.1. The first-order valence-corrected chi connectivity index (χ1v) is 12.0. The highest BCUT2D eigenvalue weighted by atomic mass is 32.2. The van der Waals surface area contributed by atoms with Crippen LogP contribution in [0.5, 0.6) is 0 Å². The third kappa shape index (κ3) is 4.91. The van der Waals surface area contributed by atoms with Gasteiger partial charge in [-0.1, -0.05) is 5.16 Å². The summed E-state index contributed by atoms with van der Waals surface area (Å²) < 4.78 is 60.1. The molecule has 174 valence electrons. The number of aromatic nitrogens is 1. The number of amides is 1. The molecule has 1 aromatic carbocycles. The summed E-state index contributed by atoms with van der Waals surface area (Å²) in [6, 6.07) is 3.10. The van der Waals surface area contributed by atoms with Crippen LogP contribution in [-0.4, -0.2) is 54.9 Å². The lowest BCUT2D eigenvalue weighted by Crippen LogP contribution is -2.44. The number of aryl methyl sites for hydroxylation is 1. The van der Waals surface area contributed by atoms with E-state index in [-0.39, 0.29) is 46.8 Å². The molecule has 1 aliphatic rings. The number of hydrogen-bond donors (Lipinski definition) is 0.